The van der Waals surface area contributed by atoms with Crippen molar-refractivity contribution >= 4 is 32.7 Å². The second-order valence-corrected chi connectivity index (χ2v) is 20.7. The quantitative estimate of drug-likeness (QED) is 0.0836. The van der Waals surface area contributed by atoms with Gasteiger partial charge in [0.25, 0.3) is 8.32 Å². The molecule has 274 valence electrons. The first-order chi connectivity index (χ1) is 24.9. The van der Waals surface area contributed by atoms with E-state index in [2.05, 4.69) is 52.5 Å². The summed E-state index contributed by atoms with van der Waals surface area (Å²) in [6.45, 7) is 10.4. The lowest BCUT2D eigenvalue weighted by molar-refractivity contribution is -0.138. The number of carbonyl (C=O) groups is 1. The van der Waals surface area contributed by atoms with E-state index in [1.807, 2.05) is 60.7 Å². The van der Waals surface area contributed by atoms with Gasteiger partial charge in [0.15, 0.2) is 8.03 Å². The van der Waals surface area contributed by atoms with Gasteiger partial charge in [-0.1, -0.05) is 139 Å². The first kappa shape index (κ1) is 39.3. The molecule has 1 fully saturated rings. The molecule has 0 amide bonds. The summed E-state index contributed by atoms with van der Waals surface area (Å²) in [5, 5.41) is 11.6. The second kappa shape index (κ2) is 17.8. The van der Waals surface area contributed by atoms with E-state index in [1.54, 1.807) is 12.1 Å². The minimum atomic E-state index is -3.10. The zero-order chi connectivity index (χ0) is 37.3. The maximum Gasteiger partial charge on any atom is 0.305 e. The molecule has 0 spiro atoms. The Balaban J connectivity index is 1.41. The molecule has 0 aliphatic heterocycles. The Morgan fingerprint density at radius 2 is 1.56 bits per heavy atom. The zero-order valence-electron chi connectivity index (χ0n) is 31.0. The summed E-state index contributed by atoms with van der Waals surface area (Å²) in [7, 11) is -5.86. The summed E-state index contributed by atoms with van der Waals surface area (Å²) in [6.07, 6.45) is 4.59. The smallest absolute Gasteiger partial charge is 0.305 e. The lowest BCUT2D eigenvalue weighted by Gasteiger charge is -2.45. The van der Waals surface area contributed by atoms with E-state index < -0.39 is 28.4 Å². The molecule has 1 unspecified atom stereocenters. The Morgan fingerprint density at radius 3 is 2.10 bits per heavy atom. The van der Waals surface area contributed by atoms with E-state index in [1.165, 1.54) is 31.4 Å². The third-order valence-electron chi connectivity index (χ3n) is 9.87. The summed E-state index contributed by atoms with van der Waals surface area (Å²) in [6, 6.07) is 28.5. The number of carboxylic acid groups (broad SMARTS) is 1. The SMILES string of the molecule is CC(C)c1nc(C2CCCCC2)cc(-c2ccc(F)cc2)c1C#CCO[PH](=O)C[C@H](CC(=O)O)O[Si](c1ccccc1)(c1ccccc1)C(C)(C)C. The van der Waals surface area contributed by atoms with Gasteiger partial charge in [-0.2, -0.15) is 0 Å². The van der Waals surface area contributed by atoms with E-state index in [0.29, 0.717) is 5.92 Å². The van der Waals surface area contributed by atoms with E-state index >= 15 is 0 Å². The zero-order valence-corrected chi connectivity index (χ0v) is 33.0. The first-order valence-corrected chi connectivity index (χ1v) is 21.8. The van der Waals surface area contributed by atoms with Crippen LogP contribution in [0, 0.1) is 17.7 Å². The van der Waals surface area contributed by atoms with Crippen molar-refractivity contribution in [3.63, 3.8) is 0 Å². The molecular weight excluding hydrogens is 689 g/mol. The molecule has 1 aliphatic carbocycles. The third kappa shape index (κ3) is 9.56. The van der Waals surface area contributed by atoms with Crippen molar-refractivity contribution in [3.05, 3.63) is 114 Å². The molecule has 0 bridgehead atoms. The van der Waals surface area contributed by atoms with Gasteiger partial charge in [-0.3, -0.25) is 14.3 Å². The molecule has 5 rings (SSSR count). The number of aromatic nitrogens is 1. The molecular formula is C43H51FNO5PSi. The maximum atomic E-state index is 14.0. The van der Waals surface area contributed by atoms with Crippen LogP contribution in [0.2, 0.25) is 5.04 Å². The number of rotatable bonds is 13. The highest BCUT2D eigenvalue weighted by molar-refractivity contribution is 7.39. The fraction of sp³-hybridized carbons (Fsp3) is 0.395. The third-order valence-corrected chi connectivity index (χ3v) is 16.2. The van der Waals surface area contributed by atoms with Crippen molar-refractivity contribution in [3.8, 4) is 23.0 Å². The van der Waals surface area contributed by atoms with Gasteiger partial charge in [0.05, 0.1) is 23.8 Å². The number of pyridine rings is 1. The van der Waals surface area contributed by atoms with E-state index in [4.69, 9.17) is 13.9 Å². The molecule has 0 radical (unpaired) electrons. The molecule has 4 aromatic rings. The fourth-order valence-corrected chi connectivity index (χ4v) is 13.2. The van der Waals surface area contributed by atoms with Crippen LogP contribution in [0.15, 0.2) is 91.0 Å². The largest absolute Gasteiger partial charge is 0.481 e. The molecule has 52 heavy (non-hydrogen) atoms. The van der Waals surface area contributed by atoms with Crippen molar-refractivity contribution in [1.82, 2.24) is 4.98 Å². The van der Waals surface area contributed by atoms with E-state index in [0.717, 1.165) is 51.3 Å². The van der Waals surface area contributed by atoms with Crippen LogP contribution < -0.4 is 10.4 Å². The van der Waals surface area contributed by atoms with Gasteiger partial charge < -0.3 is 14.1 Å². The topological polar surface area (TPSA) is 85.7 Å². The molecule has 1 saturated carbocycles. The number of nitrogens with zero attached hydrogens (tertiary/aromatic N) is 1. The van der Waals surface area contributed by atoms with Gasteiger partial charge in [-0.15, -0.1) is 0 Å². The van der Waals surface area contributed by atoms with Crippen LogP contribution in [0.4, 0.5) is 4.39 Å². The lowest BCUT2D eigenvalue weighted by Crippen LogP contribution is -2.68. The van der Waals surface area contributed by atoms with Crippen LogP contribution in [-0.4, -0.2) is 43.2 Å². The van der Waals surface area contributed by atoms with Crippen molar-refractivity contribution in [1.29, 1.82) is 0 Å². The molecule has 0 saturated heterocycles. The number of halogens is 1. The van der Waals surface area contributed by atoms with Crippen LogP contribution in [-0.2, 0) is 18.3 Å². The molecule has 1 aromatic heterocycles. The normalized spacial score (nSPS) is 15.1. The van der Waals surface area contributed by atoms with Gasteiger partial charge in [-0.25, -0.2) is 4.39 Å². The van der Waals surface area contributed by atoms with Gasteiger partial charge in [0.1, 0.15) is 12.4 Å². The summed E-state index contributed by atoms with van der Waals surface area (Å²) in [4.78, 5) is 17.3. The van der Waals surface area contributed by atoms with Crippen LogP contribution in [0.5, 0.6) is 0 Å². The van der Waals surface area contributed by atoms with E-state index in [-0.39, 0.29) is 36.0 Å². The maximum absolute atomic E-state index is 14.0. The van der Waals surface area contributed by atoms with Crippen molar-refractivity contribution in [2.24, 2.45) is 0 Å². The Hall–Kier alpha value is -3.86. The summed E-state index contributed by atoms with van der Waals surface area (Å²) in [5.74, 6) is 5.48. The Bertz CT molecular complexity index is 1840. The molecule has 9 heteroatoms. The molecule has 3 aromatic carbocycles. The Labute approximate surface area is 310 Å². The lowest BCUT2D eigenvalue weighted by atomic mass is 9.84. The number of aliphatic carboxylic acids is 1. The predicted octanol–water partition coefficient (Wildman–Crippen LogP) is 9.32. The molecule has 1 heterocycles. The van der Waals surface area contributed by atoms with E-state index in [9.17, 15) is 18.9 Å². The van der Waals surface area contributed by atoms with Gasteiger partial charge in [-0.05, 0) is 57.9 Å². The average molecular weight is 740 g/mol. The average Bonchev–Trinajstić information content (AvgIpc) is 3.12. The van der Waals surface area contributed by atoms with Crippen LogP contribution >= 0.6 is 8.03 Å². The predicted molar refractivity (Wildman–Crippen MR) is 211 cm³/mol. The molecule has 2 atom stereocenters. The summed E-state index contributed by atoms with van der Waals surface area (Å²) in [5.41, 5.74) is 4.45. The molecule has 6 nitrogen and oxygen atoms in total. The highest BCUT2D eigenvalue weighted by Gasteiger charge is 2.51. The second-order valence-electron chi connectivity index (χ2n) is 15.0. The Kier molecular flexibility index (Phi) is 13.4. The summed E-state index contributed by atoms with van der Waals surface area (Å²) < 4.78 is 40.4. The minimum Gasteiger partial charge on any atom is -0.481 e. The van der Waals surface area contributed by atoms with Crippen molar-refractivity contribution in [2.75, 3.05) is 12.8 Å². The monoisotopic (exact) mass is 739 g/mol. The standard InChI is InChI=1S/C43H51FNO5PSi/c1-31(2)42-38(39(32-23-25-34(44)26-24-32)29-40(45-42)33-16-9-6-10-17-33)22-15-27-49-51(48)30-35(28-41(46)47)50-52(43(3,4)5,36-18-11-7-12-19-36)37-20-13-8-14-21-37/h7-8,11-14,18-21,23-26,29,31,33,35,51H,6,9-10,16-17,27-28,30H2,1-5H3,(H,46,47)/t35-/m0/s1. The Morgan fingerprint density at radius 1 is 0.962 bits per heavy atom. The number of hydrogen-bond donors (Lipinski definition) is 1. The van der Waals surface area contributed by atoms with Gasteiger partial charge in [0, 0.05) is 23.3 Å². The van der Waals surface area contributed by atoms with Crippen LogP contribution in [0.1, 0.15) is 102 Å². The number of carboxylic acids is 1. The number of hydrogen-bond acceptors (Lipinski definition) is 5. The molecule has 1 aliphatic rings. The summed E-state index contributed by atoms with van der Waals surface area (Å²) >= 11 is 0. The van der Waals surface area contributed by atoms with Gasteiger partial charge in [0.2, 0.25) is 0 Å². The van der Waals surface area contributed by atoms with Crippen molar-refractivity contribution < 1.29 is 27.8 Å². The van der Waals surface area contributed by atoms with Gasteiger partial charge >= 0.3 is 5.97 Å². The highest BCUT2D eigenvalue weighted by atomic mass is 31.1. The minimum absolute atomic E-state index is 0.0567. The first-order valence-electron chi connectivity index (χ1n) is 18.3. The number of benzene rings is 3. The molecule has 1 N–H and O–H groups in total. The van der Waals surface area contributed by atoms with Crippen LogP contribution in [0.25, 0.3) is 11.1 Å². The highest BCUT2D eigenvalue weighted by Crippen LogP contribution is 2.40. The van der Waals surface area contributed by atoms with Crippen LogP contribution in [0.3, 0.4) is 0 Å². The fourth-order valence-electron chi connectivity index (χ4n) is 7.38. The van der Waals surface area contributed by atoms with Crippen molar-refractivity contribution in [2.45, 2.75) is 96.1 Å².